The van der Waals surface area contributed by atoms with Crippen LogP contribution < -0.4 is 11.1 Å². The van der Waals surface area contributed by atoms with Crippen molar-refractivity contribution in [3.63, 3.8) is 0 Å². The summed E-state index contributed by atoms with van der Waals surface area (Å²) in [6, 6.07) is 7.30. The maximum absolute atomic E-state index is 11.6. The maximum Gasteiger partial charge on any atom is 0.251 e. The summed E-state index contributed by atoms with van der Waals surface area (Å²) in [5.74, 6) is -0.0565. The minimum atomic E-state index is -0.158. The van der Waals surface area contributed by atoms with E-state index in [2.05, 4.69) is 10.5 Å². The summed E-state index contributed by atoms with van der Waals surface area (Å²) < 4.78 is 0. The van der Waals surface area contributed by atoms with Gasteiger partial charge in [0.15, 0.2) is 0 Å². The van der Waals surface area contributed by atoms with E-state index < -0.39 is 0 Å². The lowest BCUT2D eigenvalue weighted by Gasteiger charge is -2.04. The molecular weight excluding hydrogens is 206 g/mol. The first-order chi connectivity index (χ1) is 7.63. The van der Waals surface area contributed by atoms with Crippen molar-refractivity contribution < 1.29 is 10.0 Å². The second-order valence-corrected chi connectivity index (χ2v) is 3.47. The second-order valence-electron chi connectivity index (χ2n) is 3.47. The third-order valence-electron chi connectivity index (χ3n) is 2.08. The van der Waals surface area contributed by atoms with Crippen LogP contribution in [0.1, 0.15) is 22.3 Å². The van der Waals surface area contributed by atoms with Crippen molar-refractivity contribution in [3.05, 3.63) is 35.4 Å². The molecule has 0 saturated carbocycles. The highest BCUT2D eigenvalue weighted by atomic mass is 16.4. The van der Waals surface area contributed by atoms with Crippen LogP contribution in [0.15, 0.2) is 29.4 Å². The summed E-state index contributed by atoms with van der Waals surface area (Å²) in [5, 5.41) is 13.8. The molecule has 5 nitrogen and oxygen atoms in total. The minimum absolute atomic E-state index is 0.101. The monoisotopic (exact) mass is 221 g/mol. The zero-order valence-corrected chi connectivity index (χ0v) is 9.10. The fourth-order valence-corrected chi connectivity index (χ4v) is 1.24. The molecule has 0 aromatic heterocycles. The first-order valence-corrected chi connectivity index (χ1v) is 4.94. The molecule has 1 aromatic carbocycles. The van der Waals surface area contributed by atoms with Gasteiger partial charge in [-0.1, -0.05) is 22.9 Å². The molecule has 0 aliphatic heterocycles. The molecule has 0 radical (unpaired) electrons. The van der Waals surface area contributed by atoms with Crippen LogP contribution >= 0.6 is 0 Å². The van der Waals surface area contributed by atoms with Crippen molar-refractivity contribution in [2.45, 2.75) is 13.3 Å². The maximum atomic E-state index is 11.6. The lowest BCUT2D eigenvalue weighted by molar-refractivity contribution is 0.0954. The van der Waals surface area contributed by atoms with Crippen molar-refractivity contribution in [1.29, 1.82) is 0 Å². The van der Waals surface area contributed by atoms with E-state index in [1.54, 1.807) is 12.1 Å². The Balaban J connectivity index is 2.47. The van der Waals surface area contributed by atoms with Gasteiger partial charge in [0.05, 0.1) is 0 Å². The summed E-state index contributed by atoms with van der Waals surface area (Å²) in [5.41, 5.74) is 6.91. The first kappa shape index (κ1) is 12.0. The molecule has 1 rings (SSSR count). The molecule has 0 saturated heterocycles. The molecule has 0 spiro atoms. The number of amidine groups is 1. The average Bonchev–Trinajstić information content (AvgIpc) is 2.28. The van der Waals surface area contributed by atoms with E-state index in [-0.39, 0.29) is 11.7 Å². The van der Waals surface area contributed by atoms with E-state index in [4.69, 9.17) is 10.9 Å². The molecule has 0 aliphatic carbocycles. The van der Waals surface area contributed by atoms with Crippen LogP contribution in [0.3, 0.4) is 0 Å². The number of carbonyl (C=O) groups excluding carboxylic acids is 1. The summed E-state index contributed by atoms with van der Waals surface area (Å²) in [6.07, 6.45) is 0.327. The van der Waals surface area contributed by atoms with E-state index in [0.717, 1.165) is 5.56 Å². The van der Waals surface area contributed by atoms with Gasteiger partial charge in [0.2, 0.25) is 0 Å². The second kappa shape index (κ2) is 5.75. The normalized spacial score (nSPS) is 11.2. The Morgan fingerprint density at radius 1 is 1.56 bits per heavy atom. The van der Waals surface area contributed by atoms with E-state index in [9.17, 15) is 4.79 Å². The van der Waals surface area contributed by atoms with Gasteiger partial charge in [-0.25, -0.2) is 0 Å². The molecule has 0 heterocycles. The number of aryl methyl sites for hydroxylation is 1. The van der Waals surface area contributed by atoms with Crippen molar-refractivity contribution in [3.8, 4) is 0 Å². The Morgan fingerprint density at radius 3 is 2.94 bits per heavy atom. The Bertz CT molecular complexity index is 402. The van der Waals surface area contributed by atoms with E-state index >= 15 is 0 Å². The van der Waals surface area contributed by atoms with Gasteiger partial charge in [0.25, 0.3) is 5.91 Å². The zero-order chi connectivity index (χ0) is 12.0. The topological polar surface area (TPSA) is 87.7 Å². The highest BCUT2D eigenvalue weighted by Gasteiger charge is 2.04. The largest absolute Gasteiger partial charge is 0.409 e. The Morgan fingerprint density at radius 2 is 2.31 bits per heavy atom. The van der Waals surface area contributed by atoms with Crippen LogP contribution in [0.2, 0.25) is 0 Å². The predicted octanol–water partition coefficient (Wildman–Crippen LogP) is 0.861. The van der Waals surface area contributed by atoms with Crippen LogP contribution in [0.25, 0.3) is 0 Å². The summed E-state index contributed by atoms with van der Waals surface area (Å²) >= 11 is 0. The molecule has 0 aliphatic rings. The molecule has 0 bridgehead atoms. The number of carbonyl (C=O) groups is 1. The Kier molecular flexibility index (Phi) is 4.32. The zero-order valence-electron chi connectivity index (χ0n) is 9.10. The first-order valence-electron chi connectivity index (χ1n) is 4.94. The highest BCUT2D eigenvalue weighted by molar-refractivity contribution is 5.94. The Hall–Kier alpha value is -2.04. The van der Waals surface area contributed by atoms with Gasteiger partial charge in [-0.15, -0.1) is 0 Å². The molecule has 1 aromatic rings. The number of oxime groups is 1. The number of benzene rings is 1. The van der Waals surface area contributed by atoms with Gasteiger partial charge in [-0.2, -0.15) is 0 Å². The van der Waals surface area contributed by atoms with Gasteiger partial charge in [-0.05, 0) is 19.1 Å². The predicted molar refractivity (Wildman–Crippen MR) is 61.5 cm³/mol. The van der Waals surface area contributed by atoms with Gasteiger partial charge in [0.1, 0.15) is 5.84 Å². The standard InChI is InChI=1S/C11H15N3O2/c1-8-3-2-4-9(7-8)11(15)13-6-5-10(12)14-16/h2-4,7,16H,5-6H2,1H3,(H2,12,14)(H,13,15). The Labute approximate surface area is 94.0 Å². The van der Waals surface area contributed by atoms with Crippen LogP contribution in [0, 0.1) is 6.92 Å². The molecule has 16 heavy (non-hydrogen) atoms. The number of nitrogens with one attached hydrogen (secondary N) is 1. The van der Waals surface area contributed by atoms with Gasteiger partial charge in [-0.3, -0.25) is 4.79 Å². The smallest absolute Gasteiger partial charge is 0.251 e. The van der Waals surface area contributed by atoms with Gasteiger partial charge < -0.3 is 16.3 Å². The lowest BCUT2D eigenvalue weighted by atomic mass is 10.1. The van der Waals surface area contributed by atoms with Crippen molar-refractivity contribution >= 4 is 11.7 Å². The summed E-state index contributed by atoms with van der Waals surface area (Å²) in [6.45, 7) is 2.27. The van der Waals surface area contributed by atoms with E-state index in [1.165, 1.54) is 0 Å². The molecule has 5 heteroatoms. The van der Waals surface area contributed by atoms with Crippen LogP contribution in [-0.4, -0.2) is 23.5 Å². The lowest BCUT2D eigenvalue weighted by Crippen LogP contribution is -2.28. The number of nitrogens with zero attached hydrogens (tertiary/aromatic N) is 1. The van der Waals surface area contributed by atoms with Crippen molar-refractivity contribution in [2.24, 2.45) is 10.9 Å². The highest BCUT2D eigenvalue weighted by Crippen LogP contribution is 2.03. The van der Waals surface area contributed by atoms with E-state index in [1.807, 2.05) is 19.1 Å². The quantitative estimate of drug-likeness (QED) is 0.305. The molecular formula is C11H15N3O2. The molecule has 0 unspecified atom stereocenters. The average molecular weight is 221 g/mol. The number of hydrogen-bond acceptors (Lipinski definition) is 3. The fourth-order valence-electron chi connectivity index (χ4n) is 1.24. The van der Waals surface area contributed by atoms with Gasteiger partial charge in [0, 0.05) is 18.5 Å². The third kappa shape index (κ3) is 3.61. The van der Waals surface area contributed by atoms with Crippen molar-refractivity contribution in [2.75, 3.05) is 6.54 Å². The number of rotatable bonds is 4. The molecule has 0 atom stereocenters. The number of hydrogen-bond donors (Lipinski definition) is 3. The fraction of sp³-hybridized carbons (Fsp3) is 0.273. The van der Waals surface area contributed by atoms with Crippen LogP contribution in [-0.2, 0) is 0 Å². The number of nitrogens with two attached hydrogens (primary N) is 1. The summed E-state index contributed by atoms with van der Waals surface area (Å²) in [7, 11) is 0. The molecule has 86 valence electrons. The minimum Gasteiger partial charge on any atom is -0.409 e. The van der Waals surface area contributed by atoms with E-state index in [0.29, 0.717) is 18.5 Å². The van der Waals surface area contributed by atoms with Crippen LogP contribution in [0.4, 0.5) is 0 Å². The number of amides is 1. The summed E-state index contributed by atoms with van der Waals surface area (Å²) in [4.78, 5) is 11.6. The molecule has 1 amide bonds. The van der Waals surface area contributed by atoms with Crippen LogP contribution in [0.5, 0.6) is 0 Å². The SMILES string of the molecule is Cc1cccc(C(=O)NCCC(N)=NO)c1. The third-order valence-corrected chi connectivity index (χ3v) is 2.08. The van der Waals surface area contributed by atoms with Crippen molar-refractivity contribution in [1.82, 2.24) is 5.32 Å². The van der Waals surface area contributed by atoms with Gasteiger partial charge >= 0.3 is 0 Å². The molecule has 4 N–H and O–H groups in total. The molecule has 0 fully saturated rings.